The molecule has 0 unspecified atom stereocenters. The van der Waals surface area contributed by atoms with Crippen molar-refractivity contribution in [2.45, 2.75) is 46.1 Å². The van der Waals surface area contributed by atoms with Gasteiger partial charge in [-0.2, -0.15) is 0 Å². The third kappa shape index (κ3) is 3.69. The lowest BCUT2D eigenvalue weighted by molar-refractivity contribution is 0.0708. The fourth-order valence-corrected chi connectivity index (χ4v) is 6.86. The molecule has 1 aliphatic carbocycles. The summed E-state index contributed by atoms with van der Waals surface area (Å²) in [6.07, 6.45) is 4.36. The van der Waals surface area contributed by atoms with Gasteiger partial charge in [0.15, 0.2) is 5.13 Å². The zero-order valence-electron chi connectivity index (χ0n) is 16.1. The third-order valence-corrected chi connectivity index (χ3v) is 7.21. The van der Waals surface area contributed by atoms with Gasteiger partial charge in [-0.15, -0.1) is 0 Å². The summed E-state index contributed by atoms with van der Waals surface area (Å²) in [5.41, 5.74) is 1.80. The maximum atomic E-state index is 13.2. The highest BCUT2D eigenvalue weighted by Crippen LogP contribution is 2.52. The topological polar surface area (TPSA) is 79.4 Å². The van der Waals surface area contributed by atoms with Crippen molar-refractivity contribution >= 4 is 42.6 Å². The van der Waals surface area contributed by atoms with Crippen LogP contribution in [0.1, 0.15) is 50.4 Å². The minimum Gasteiger partial charge on any atom is -0.335 e. The van der Waals surface area contributed by atoms with Crippen LogP contribution in [0.15, 0.2) is 18.2 Å². The van der Waals surface area contributed by atoms with E-state index in [0.717, 1.165) is 36.8 Å². The van der Waals surface area contributed by atoms with E-state index in [1.807, 2.05) is 11.0 Å². The van der Waals surface area contributed by atoms with Gasteiger partial charge in [-0.05, 0) is 48.3 Å². The van der Waals surface area contributed by atoms with Crippen LogP contribution in [0.4, 0.5) is 5.13 Å². The standard InChI is InChI=1S/C19H25N3O3S2/c1-18(2)8-13-9-19(3,10-18)11-22(13)16(23)12-5-6-14-15(7-12)26-17(20-14)21-27(4,24)25/h5-7,13H,8-11H2,1-4H3,(H,20,21)/t13-,19-/m1/s1. The number of hydrogen-bond acceptors (Lipinski definition) is 5. The predicted molar refractivity (Wildman–Crippen MR) is 109 cm³/mol. The third-order valence-electron chi connectivity index (χ3n) is 5.58. The number of nitrogens with zero attached hydrogens (tertiary/aromatic N) is 2. The van der Waals surface area contributed by atoms with E-state index < -0.39 is 10.0 Å². The number of amides is 1. The first-order valence-corrected chi connectivity index (χ1v) is 11.8. The number of carbonyl (C=O) groups excluding carboxylic acids is 1. The van der Waals surface area contributed by atoms with Gasteiger partial charge in [0.1, 0.15) is 0 Å². The molecule has 1 saturated carbocycles. The second kappa shape index (κ2) is 5.91. The number of aromatic nitrogens is 1. The number of fused-ring (bicyclic) bond motifs is 3. The Balaban J connectivity index is 1.62. The molecule has 146 valence electrons. The smallest absolute Gasteiger partial charge is 0.254 e. The molecule has 2 aliphatic rings. The Bertz CT molecular complexity index is 1030. The molecule has 2 atom stereocenters. The van der Waals surface area contributed by atoms with Crippen molar-refractivity contribution < 1.29 is 13.2 Å². The quantitative estimate of drug-likeness (QED) is 0.841. The van der Waals surface area contributed by atoms with Crippen LogP contribution in [0.25, 0.3) is 10.2 Å². The Kier molecular flexibility index (Phi) is 4.09. The summed E-state index contributed by atoms with van der Waals surface area (Å²) < 4.78 is 26.0. The Labute approximate surface area is 164 Å². The average Bonchev–Trinajstić information content (AvgIpc) is 2.99. The number of benzene rings is 1. The minimum atomic E-state index is -3.37. The maximum Gasteiger partial charge on any atom is 0.254 e. The first-order valence-electron chi connectivity index (χ1n) is 9.13. The Hall–Kier alpha value is -1.67. The van der Waals surface area contributed by atoms with E-state index in [9.17, 15) is 13.2 Å². The molecule has 1 aliphatic heterocycles. The number of sulfonamides is 1. The molecule has 0 radical (unpaired) electrons. The van der Waals surface area contributed by atoms with E-state index in [1.165, 1.54) is 11.3 Å². The van der Waals surface area contributed by atoms with E-state index in [1.54, 1.807) is 12.1 Å². The van der Waals surface area contributed by atoms with Crippen LogP contribution in [0.2, 0.25) is 0 Å². The molecule has 8 heteroatoms. The van der Waals surface area contributed by atoms with Crippen LogP contribution < -0.4 is 4.72 Å². The Morgan fingerprint density at radius 3 is 2.74 bits per heavy atom. The van der Waals surface area contributed by atoms with Gasteiger partial charge in [-0.1, -0.05) is 32.1 Å². The van der Waals surface area contributed by atoms with Crippen LogP contribution >= 0.6 is 11.3 Å². The van der Waals surface area contributed by atoms with E-state index in [-0.39, 0.29) is 16.7 Å². The zero-order chi connectivity index (χ0) is 19.6. The van der Waals surface area contributed by atoms with Gasteiger partial charge in [0.2, 0.25) is 10.0 Å². The van der Waals surface area contributed by atoms with Crippen LogP contribution in [0.3, 0.4) is 0 Å². The lowest BCUT2D eigenvalue weighted by atomic mass is 9.65. The van der Waals surface area contributed by atoms with Gasteiger partial charge in [0, 0.05) is 18.2 Å². The molecule has 4 rings (SSSR count). The molecule has 1 amide bonds. The number of rotatable bonds is 3. The van der Waals surface area contributed by atoms with Crippen LogP contribution in [0.5, 0.6) is 0 Å². The van der Waals surface area contributed by atoms with Gasteiger partial charge < -0.3 is 4.90 Å². The molecule has 0 spiro atoms. The summed E-state index contributed by atoms with van der Waals surface area (Å²) >= 11 is 1.24. The van der Waals surface area contributed by atoms with Crippen molar-refractivity contribution in [3.8, 4) is 0 Å². The SMILES string of the molecule is CC1(C)C[C@@H]2C[C@@](C)(CN2C(=O)c2ccc3nc(NS(C)(=O)=O)sc3c2)C1. The molecule has 1 saturated heterocycles. The number of anilines is 1. The molecule has 2 bridgehead atoms. The minimum absolute atomic E-state index is 0.0642. The Morgan fingerprint density at radius 2 is 2.04 bits per heavy atom. The number of hydrogen-bond donors (Lipinski definition) is 1. The molecule has 27 heavy (non-hydrogen) atoms. The molecule has 1 aromatic carbocycles. The molecule has 1 aromatic heterocycles. The Morgan fingerprint density at radius 1 is 1.30 bits per heavy atom. The molecular weight excluding hydrogens is 382 g/mol. The number of nitrogens with one attached hydrogen (secondary N) is 1. The molecule has 1 N–H and O–H groups in total. The summed E-state index contributed by atoms with van der Waals surface area (Å²) in [5.74, 6) is 0.0642. The second-order valence-electron chi connectivity index (χ2n) is 9.22. The van der Waals surface area contributed by atoms with E-state index in [4.69, 9.17) is 0 Å². The maximum absolute atomic E-state index is 13.2. The van der Waals surface area contributed by atoms with Gasteiger partial charge in [0.25, 0.3) is 5.91 Å². The zero-order valence-corrected chi connectivity index (χ0v) is 17.7. The lowest BCUT2D eigenvalue weighted by Crippen LogP contribution is -2.37. The highest BCUT2D eigenvalue weighted by atomic mass is 32.2. The molecular formula is C19H25N3O3S2. The van der Waals surface area contributed by atoms with E-state index >= 15 is 0 Å². The summed E-state index contributed by atoms with van der Waals surface area (Å²) in [6.45, 7) is 7.70. The average molecular weight is 408 g/mol. The fraction of sp³-hybridized carbons (Fsp3) is 0.579. The first-order chi connectivity index (χ1) is 12.4. The van der Waals surface area contributed by atoms with Gasteiger partial charge in [-0.3, -0.25) is 9.52 Å². The van der Waals surface area contributed by atoms with Crippen molar-refractivity contribution in [3.63, 3.8) is 0 Å². The predicted octanol–water partition coefficient (Wildman–Crippen LogP) is 3.71. The number of likely N-dealkylation sites (tertiary alicyclic amines) is 1. The normalized spacial score (nSPS) is 27.1. The van der Waals surface area contributed by atoms with Crippen LogP contribution in [-0.2, 0) is 10.0 Å². The van der Waals surface area contributed by atoms with Gasteiger partial charge in [0.05, 0.1) is 16.5 Å². The summed E-state index contributed by atoms with van der Waals surface area (Å²) in [4.78, 5) is 19.6. The summed E-state index contributed by atoms with van der Waals surface area (Å²) in [5, 5.41) is 0.323. The fourth-order valence-electron chi connectivity index (χ4n) is 5.12. The monoisotopic (exact) mass is 407 g/mol. The first kappa shape index (κ1) is 18.7. The van der Waals surface area contributed by atoms with Crippen LogP contribution in [-0.4, -0.2) is 43.1 Å². The lowest BCUT2D eigenvalue weighted by Gasteiger charge is -2.39. The second-order valence-corrected chi connectivity index (χ2v) is 12.0. The van der Waals surface area contributed by atoms with Crippen molar-refractivity contribution in [3.05, 3.63) is 23.8 Å². The molecule has 2 heterocycles. The molecule has 2 aromatic rings. The van der Waals surface area contributed by atoms with E-state index in [2.05, 4.69) is 30.5 Å². The largest absolute Gasteiger partial charge is 0.335 e. The highest BCUT2D eigenvalue weighted by Gasteiger charge is 2.51. The molecule has 2 fully saturated rings. The van der Waals surface area contributed by atoms with Crippen molar-refractivity contribution in [2.24, 2.45) is 10.8 Å². The number of thiazole rings is 1. The number of carbonyl (C=O) groups is 1. The van der Waals surface area contributed by atoms with Crippen LogP contribution in [0, 0.1) is 10.8 Å². The van der Waals surface area contributed by atoms with Gasteiger partial charge in [-0.25, -0.2) is 13.4 Å². The molecule has 6 nitrogen and oxygen atoms in total. The van der Waals surface area contributed by atoms with E-state index in [0.29, 0.717) is 22.3 Å². The summed E-state index contributed by atoms with van der Waals surface area (Å²) in [6, 6.07) is 5.72. The highest BCUT2D eigenvalue weighted by molar-refractivity contribution is 7.92. The van der Waals surface area contributed by atoms with Crippen molar-refractivity contribution in [2.75, 3.05) is 17.5 Å². The van der Waals surface area contributed by atoms with Gasteiger partial charge >= 0.3 is 0 Å². The van der Waals surface area contributed by atoms with Crippen molar-refractivity contribution in [1.82, 2.24) is 9.88 Å². The summed E-state index contributed by atoms with van der Waals surface area (Å²) in [7, 11) is -3.37. The van der Waals surface area contributed by atoms with Crippen molar-refractivity contribution in [1.29, 1.82) is 0 Å².